The van der Waals surface area contributed by atoms with Crippen LogP contribution in [0.4, 0.5) is 0 Å². The van der Waals surface area contributed by atoms with Crippen molar-refractivity contribution in [2.24, 2.45) is 10.4 Å². The van der Waals surface area contributed by atoms with E-state index in [1.165, 1.54) is 6.26 Å². The molecule has 0 aliphatic rings. The summed E-state index contributed by atoms with van der Waals surface area (Å²) in [4.78, 5) is 4.69. The molecule has 0 radical (unpaired) electrons. The second-order valence-corrected chi connectivity index (χ2v) is 10.3. The van der Waals surface area contributed by atoms with E-state index in [-0.39, 0.29) is 35.1 Å². The van der Waals surface area contributed by atoms with Crippen molar-refractivity contribution in [2.75, 3.05) is 31.7 Å². The highest BCUT2D eigenvalue weighted by Crippen LogP contribution is 2.22. The second-order valence-electron chi connectivity index (χ2n) is 8.05. The van der Waals surface area contributed by atoms with Crippen molar-refractivity contribution < 1.29 is 13.2 Å². The summed E-state index contributed by atoms with van der Waals surface area (Å²) in [7, 11) is -2.96. The van der Waals surface area contributed by atoms with Gasteiger partial charge in [0.05, 0.1) is 18.9 Å². The van der Waals surface area contributed by atoms with Crippen molar-refractivity contribution in [3.8, 4) is 5.75 Å². The lowest BCUT2D eigenvalue weighted by molar-refractivity contribution is 0.314. The van der Waals surface area contributed by atoms with Crippen LogP contribution < -0.4 is 15.4 Å². The standard InChI is InChI=1S/C21H37N3O3S.HI/c1-7-12-27-19-14-17(3)9-10-18(19)15-23-20(22-8-2)24-16-21(4,5)11-13-28(6,25)26;/h9-10,14H,7-8,11-13,15-16H2,1-6H3,(H2,22,23,24);1H. The Hall–Kier alpha value is -1.03. The third kappa shape index (κ3) is 12.3. The zero-order valence-corrected chi connectivity index (χ0v) is 21.8. The Bertz CT molecular complexity index is 750. The molecular weight excluding hydrogens is 501 g/mol. The summed E-state index contributed by atoms with van der Waals surface area (Å²) >= 11 is 0. The molecule has 2 N–H and O–H groups in total. The molecule has 29 heavy (non-hydrogen) atoms. The van der Waals surface area contributed by atoms with Crippen molar-refractivity contribution in [3.63, 3.8) is 0 Å². The minimum atomic E-state index is -2.96. The van der Waals surface area contributed by atoms with E-state index < -0.39 is 9.84 Å². The summed E-state index contributed by atoms with van der Waals surface area (Å²) in [5.74, 6) is 1.79. The Morgan fingerprint density at radius 2 is 1.90 bits per heavy atom. The van der Waals surface area contributed by atoms with Gasteiger partial charge < -0.3 is 15.4 Å². The summed E-state index contributed by atoms with van der Waals surface area (Å²) in [6.45, 7) is 12.9. The van der Waals surface area contributed by atoms with E-state index in [1.807, 2.05) is 6.92 Å². The average Bonchev–Trinajstić information content (AvgIpc) is 2.61. The molecule has 8 heteroatoms. The van der Waals surface area contributed by atoms with Gasteiger partial charge in [-0.15, -0.1) is 24.0 Å². The number of ether oxygens (including phenoxy) is 1. The molecule has 0 aliphatic heterocycles. The summed E-state index contributed by atoms with van der Waals surface area (Å²) in [5, 5.41) is 6.60. The van der Waals surface area contributed by atoms with Crippen LogP contribution in [0, 0.1) is 12.3 Å². The average molecular weight is 540 g/mol. The van der Waals surface area contributed by atoms with Crippen LogP contribution in [0.25, 0.3) is 0 Å². The topological polar surface area (TPSA) is 79.8 Å². The van der Waals surface area contributed by atoms with Gasteiger partial charge in [-0.2, -0.15) is 0 Å². The van der Waals surface area contributed by atoms with Crippen LogP contribution in [0.1, 0.15) is 51.7 Å². The molecule has 0 saturated heterocycles. The van der Waals surface area contributed by atoms with Gasteiger partial charge >= 0.3 is 0 Å². The Balaban J connectivity index is 0.00000784. The largest absolute Gasteiger partial charge is 0.493 e. The number of guanidine groups is 1. The van der Waals surface area contributed by atoms with E-state index >= 15 is 0 Å². The molecule has 0 amide bonds. The molecule has 0 atom stereocenters. The highest BCUT2D eigenvalue weighted by atomic mass is 127. The van der Waals surface area contributed by atoms with Crippen LogP contribution >= 0.6 is 24.0 Å². The minimum Gasteiger partial charge on any atom is -0.493 e. The lowest BCUT2D eigenvalue weighted by Crippen LogP contribution is -2.42. The van der Waals surface area contributed by atoms with Crippen LogP contribution in [0.2, 0.25) is 0 Å². The van der Waals surface area contributed by atoms with Crippen LogP contribution in [0.15, 0.2) is 23.2 Å². The van der Waals surface area contributed by atoms with Gasteiger partial charge in [-0.25, -0.2) is 13.4 Å². The predicted octanol–water partition coefficient (Wildman–Crippen LogP) is 3.92. The van der Waals surface area contributed by atoms with Gasteiger partial charge in [0.25, 0.3) is 0 Å². The number of aryl methyl sites for hydroxylation is 1. The fraction of sp³-hybridized carbons (Fsp3) is 0.667. The van der Waals surface area contributed by atoms with Gasteiger partial charge in [0, 0.05) is 24.9 Å². The lowest BCUT2D eigenvalue weighted by atomic mass is 9.90. The minimum absolute atomic E-state index is 0. The molecule has 0 spiro atoms. The van der Waals surface area contributed by atoms with Crippen molar-refractivity contribution in [2.45, 2.75) is 54.0 Å². The number of hydrogen-bond donors (Lipinski definition) is 2. The molecule has 1 aromatic carbocycles. The number of hydrogen-bond acceptors (Lipinski definition) is 4. The summed E-state index contributed by atoms with van der Waals surface area (Å²) in [6.07, 6.45) is 2.84. The van der Waals surface area contributed by atoms with E-state index in [2.05, 4.69) is 56.5 Å². The highest BCUT2D eigenvalue weighted by Gasteiger charge is 2.20. The molecule has 0 unspecified atom stereocenters. The number of aliphatic imine (C=N–C) groups is 1. The van der Waals surface area contributed by atoms with Gasteiger partial charge in [0.2, 0.25) is 0 Å². The van der Waals surface area contributed by atoms with Gasteiger partial charge in [-0.1, -0.05) is 32.9 Å². The SMILES string of the molecule is CCCOc1cc(C)ccc1CN=C(NCC)NCC(C)(C)CCS(C)(=O)=O.I. The van der Waals surface area contributed by atoms with Crippen LogP contribution in [-0.4, -0.2) is 46.1 Å². The molecule has 168 valence electrons. The van der Waals surface area contributed by atoms with Crippen molar-refractivity contribution in [3.05, 3.63) is 29.3 Å². The molecule has 0 saturated carbocycles. The van der Waals surface area contributed by atoms with E-state index in [4.69, 9.17) is 9.73 Å². The Kier molecular flexibility index (Phi) is 12.8. The summed E-state index contributed by atoms with van der Waals surface area (Å²) in [5.41, 5.74) is 2.06. The predicted molar refractivity (Wildman–Crippen MR) is 133 cm³/mol. The molecular formula is C21H38IN3O3S. The van der Waals surface area contributed by atoms with Crippen LogP contribution in [0.5, 0.6) is 5.75 Å². The molecule has 0 aliphatic carbocycles. The molecule has 6 nitrogen and oxygen atoms in total. The zero-order chi connectivity index (χ0) is 21.2. The first-order chi connectivity index (χ1) is 13.1. The second kappa shape index (κ2) is 13.3. The summed E-state index contributed by atoms with van der Waals surface area (Å²) < 4.78 is 28.8. The molecule has 1 rings (SSSR count). The smallest absolute Gasteiger partial charge is 0.191 e. The van der Waals surface area contributed by atoms with Crippen LogP contribution in [0.3, 0.4) is 0 Å². The fourth-order valence-corrected chi connectivity index (χ4v) is 3.44. The van der Waals surface area contributed by atoms with Crippen molar-refractivity contribution in [1.82, 2.24) is 10.6 Å². The lowest BCUT2D eigenvalue weighted by Gasteiger charge is -2.25. The first kappa shape index (κ1) is 28.0. The van der Waals surface area contributed by atoms with E-state index in [0.717, 1.165) is 35.8 Å². The van der Waals surface area contributed by atoms with Gasteiger partial charge in [0.15, 0.2) is 5.96 Å². The fourth-order valence-electron chi connectivity index (χ4n) is 2.52. The van der Waals surface area contributed by atoms with Gasteiger partial charge in [-0.05, 0) is 43.7 Å². The van der Waals surface area contributed by atoms with Gasteiger partial charge in [0.1, 0.15) is 15.6 Å². The van der Waals surface area contributed by atoms with Crippen LogP contribution in [-0.2, 0) is 16.4 Å². The number of rotatable bonds is 11. The Morgan fingerprint density at radius 3 is 2.48 bits per heavy atom. The normalized spacial score (nSPS) is 12.3. The van der Waals surface area contributed by atoms with Crippen molar-refractivity contribution >= 4 is 39.8 Å². The third-order valence-electron chi connectivity index (χ3n) is 4.32. The maximum absolute atomic E-state index is 11.4. The quantitative estimate of drug-likeness (QED) is 0.253. The third-order valence-corrected chi connectivity index (χ3v) is 5.27. The maximum Gasteiger partial charge on any atom is 0.191 e. The molecule has 0 aromatic heterocycles. The number of sulfone groups is 1. The van der Waals surface area contributed by atoms with E-state index in [1.54, 1.807) is 0 Å². The molecule has 0 bridgehead atoms. The first-order valence-corrected chi connectivity index (χ1v) is 12.0. The van der Waals surface area contributed by atoms with E-state index in [9.17, 15) is 8.42 Å². The van der Waals surface area contributed by atoms with Crippen molar-refractivity contribution in [1.29, 1.82) is 0 Å². The zero-order valence-electron chi connectivity index (χ0n) is 18.7. The first-order valence-electron chi connectivity index (χ1n) is 9.98. The van der Waals surface area contributed by atoms with E-state index in [0.29, 0.717) is 26.1 Å². The molecule has 1 aromatic rings. The Morgan fingerprint density at radius 1 is 1.21 bits per heavy atom. The molecule has 0 fully saturated rings. The number of halogens is 1. The number of benzene rings is 1. The number of nitrogens with zero attached hydrogens (tertiary/aromatic N) is 1. The van der Waals surface area contributed by atoms with Gasteiger partial charge in [-0.3, -0.25) is 0 Å². The number of nitrogens with one attached hydrogen (secondary N) is 2. The maximum atomic E-state index is 11.4. The molecule has 0 heterocycles. The highest BCUT2D eigenvalue weighted by molar-refractivity contribution is 14.0. The Labute approximate surface area is 194 Å². The summed E-state index contributed by atoms with van der Waals surface area (Å²) in [6, 6.07) is 6.18. The monoisotopic (exact) mass is 539 g/mol.